The van der Waals surface area contributed by atoms with Crippen molar-refractivity contribution in [2.45, 2.75) is 24.8 Å². The fourth-order valence-corrected chi connectivity index (χ4v) is 1.98. The van der Waals surface area contributed by atoms with Crippen LogP contribution in [0.2, 0.25) is 0 Å². The molecule has 0 bridgehead atoms. The summed E-state index contributed by atoms with van der Waals surface area (Å²) in [5.41, 5.74) is 5.72. The fourth-order valence-electron chi connectivity index (χ4n) is 1.98. The molecule has 5 N–H and O–H groups in total. The molecule has 0 aliphatic heterocycles. The Balaban J connectivity index is 2.17. The Morgan fingerprint density at radius 1 is 1.47 bits per heavy atom. The summed E-state index contributed by atoms with van der Waals surface area (Å²) in [7, 11) is 0. The summed E-state index contributed by atoms with van der Waals surface area (Å²) in [6.07, 6.45) is 2.54. The highest BCUT2D eigenvalue weighted by Gasteiger charge is 2.38. The van der Waals surface area contributed by atoms with Gasteiger partial charge in [0, 0.05) is 5.69 Å². The maximum atomic E-state index is 12.0. The maximum absolute atomic E-state index is 12.0. The monoisotopic (exact) mass is 236 g/mol. The van der Waals surface area contributed by atoms with Crippen LogP contribution in [0.1, 0.15) is 29.6 Å². The van der Waals surface area contributed by atoms with Crippen molar-refractivity contribution in [1.29, 1.82) is 0 Å². The van der Waals surface area contributed by atoms with Gasteiger partial charge in [0.25, 0.3) is 5.91 Å². The van der Waals surface area contributed by atoms with Crippen LogP contribution in [0.3, 0.4) is 0 Å². The summed E-state index contributed by atoms with van der Waals surface area (Å²) in [6, 6.07) is 4.24. The first kappa shape index (κ1) is 11.7. The number of aliphatic hydroxyl groups is 1. The van der Waals surface area contributed by atoms with E-state index in [9.17, 15) is 15.0 Å². The van der Waals surface area contributed by atoms with Gasteiger partial charge in [-0.15, -0.1) is 0 Å². The number of nitrogens with one attached hydrogen (secondary N) is 1. The van der Waals surface area contributed by atoms with Gasteiger partial charge in [-0.1, -0.05) is 0 Å². The molecule has 5 heteroatoms. The minimum Gasteiger partial charge on any atom is -0.508 e. The second kappa shape index (κ2) is 4.25. The van der Waals surface area contributed by atoms with Crippen molar-refractivity contribution in [3.8, 4) is 5.75 Å². The highest BCUT2D eigenvalue weighted by molar-refractivity contribution is 6.00. The number of amides is 1. The largest absolute Gasteiger partial charge is 0.508 e. The van der Waals surface area contributed by atoms with E-state index in [1.807, 2.05) is 0 Å². The summed E-state index contributed by atoms with van der Waals surface area (Å²) in [4.78, 5) is 12.0. The molecule has 17 heavy (non-hydrogen) atoms. The highest BCUT2D eigenvalue weighted by atomic mass is 16.3. The van der Waals surface area contributed by atoms with Gasteiger partial charge >= 0.3 is 0 Å². The van der Waals surface area contributed by atoms with Crippen molar-refractivity contribution in [2.75, 3.05) is 12.3 Å². The number of carbonyl (C=O) groups excluding carboxylic acids is 1. The predicted molar refractivity (Wildman–Crippen MR) is 63.7 cm³/mol. The zero-order chi connectivity index (χ0) is 12.5. The van der Waals surface area contributed by atoms with E-state index in [4.69, 9.17) is 5.73 Å². The Bertz CT molecular complexity index is 436. The number of carbonyl (C=O) groups is 1. The Hall–Kier alpha value is -1.75. The van der Waals surface area contributed by atoms with Crippen LogP contribution in [-0.4, -0.2) is 28.3 Å². The van der Waals surface area contributed by atoms with E-state index in [0.29, 0.717) is 5.69 Å². The van der Waals surface area contributed by atoms with Gasteiger partial charge in [0.2, 0.25) is 0 Å². The van der Waals surface area contributed by atoms with Crippen LogP contribution >= 0.6 is 0 Å². The molecule has 1 aliphatic carbocycles. The lowest BCUT2D eigenvalue weighted by molar-refractivity contribution is 0.0642. The van der Waals surface area contributed by atoms with Gasteiger partial charge in [-0.3, -0.25) is 4.79 Å². The van der Waals surface area contributed by atoms with Gasteiger partial charge in [-0.05, 0) is 37.5 Å². The normalized spacial score (nSPS) is 17.2. The molecule has 0 saturated heterocycles. The Labute approximate surface area is 99.3 Å². The van der Waals surface area contributed by atoms with Gasteiger partial charge in [0.05, 0.1) is 17.7 Å². The lowest BCUT2D eigenvalue weighted by atomic mass is 9.77. The number of anilines is 1. The number of nitrogens with two attached hydrogens (primary N) is 1. The average molecular weight is 236 g/mol. The van der Waals surface area contributed by atoms with Gasteiger partial charge in [-0.25, -0.2) is 0 Å². The number of hydrogen-bond acceptors (Lipinski definition) is 4. The number of hydrogen-bond donors (Lipinski definition) is 4. The predicted octanol–water partition coefficient (Wildman–Crippen LogP) is 0.619. The van der Waals surface area contributed by atoms with Crippen LogP contribution in [0.5, 0.6) is 5.75 Å². The molecular formula is C12H16N2O3. The van der Waals surface area contributed by atoms with Crippen molar-refractivity contribution in [3.05, 3.63) is 23.8 Å². The molecule has 92 valence electrons. The standard InChI is InChI=1S/C12H16N2O3/c13-10-3-2-8(16)6-9(10)11(17)14-12(7-15)4-1-5-12/h2-3,6,15-16H,1,4-5,7,13H2,(H,14,17). The van der Waals surface area contributed by atoms with Gasteiger partial charge < -0.3 is 21.3 Å². The summed E-state index contributed by atoms with van der Waals surface area (Å²) in [5.74, 6) is -0.358. The minimum absolute atomic E-state index is 0.00370. The molecule has 1 aromatic carbocycles. The first-order valence-electron chi connectivity index (χ1n) is 5.58. The van der Waals surface area contributed by atoms with E-state index in [1.54, 1.807) is 0 Å². The van der Waals surface area contributed by atoms with Crippen molar-refractivity contribution in [3.63, 3.8) is 0 Å². The van der Waals surface area contributed by atoms with Crippen molar-refractivity contribution in [1.82, 2.24) is 5.32 Å². The molecule has 2 rings (SSSR count). The third kappa shape index (κ3) is 2.19. The Kier molecular flexibility index (Phi) is 2.93. The smallest absolute Gasteiger partial charge is 0.254 e. The molecule has 0 radical (unpaired) electrons. The zero-order valence-corrected chi connectivity index (χ0v) is 9.44. The molecule has 0 atom stereocenters. The molecule has 0 unspecified atom stereocenters. The number of rotatable bonds is 3. The SMILES string of the molecule is Nc1ccc(O)cc1C(=O)NC1(CO)CCC1. The first-order valence-corrected chi connectivity index (χ1v) is 5.58. The van der Waals surface area contributed by atoms with Crippen LogP contribution in [0.4, 0.5) is 5.69 Å². The first-order chi connectivity index (χ1) is 8.06. The van der Waals surface area contributed by atoms with Crippen LogP contribution in [-0.2, 0) is 0 Å². The summed E-state index contributed by atoms with van der Waals surface area (Å²) in [6.45, 7) is -0.0720. The van der Waals surface area contributed by atoms with Gasteiger partial charge in [0.1, 0.15) is 5.75 Å². The second-order valence-electron chi connectivity index (χ2n) is 4.52. The molecule has 0 heterocycles. The molecule has 5 nitrogen and oxygen atoms in total. The van der Waals surface area contributed by atoms with E-state index >= 15 is 0 Å². The topological polar surface area (TPSA) is 95.6 Å². The molecule has 1 aliphatic rings. The van der Waals surface area contributed by atoms with E-state index in [0.717, 1.165) is 19.3 Å². The second-order valence-corrected chi connectivity index (χ2v) is 4.52. The van der Waals surface area contributed by atoms with Crippen LogP contribution in [0.15, 0.2) is 18.2 Å². The number of aliphatic hydroxyl groups excluding tert-OH is 1. The quantitative estimate of drug-likeness (QED) is 0.457. The Morgan fingerprint density at radius 3 is 2.71 bits per heavy atom. The van der Waals surface area contributed by atoms with E-state index in [1.165, 1.54) is 18.2 Å². The number of aromatic hydroxyl groups is 1. The fraction of sp³-hybridized carbons (Fsp3) is 0.417. The average Bonchev–Trinajstić information content (AvgIpc) is 2.26. The third-order valence-electron chi connectivity index (χ3n) is 3.27. The van der Waals surface area contributed by atoms with E-state index in [2.05, 4.69) is 5.32 Å². The molecule has 0 spiro atoms. The lowest BCUT2D eigenvalue weighted by Crippen LogP contribution is -2.56. The molecule has 1 fully saturated rings. The molecule has 0 aromatic heterocycles. The van der Waals surface area contributed by atoms with Crippen LogP contribution in [0, 0.1) is 0 Å². The molecule has 1 amide bonds. The third-order valence-corrected chi connectivity index (χ3v) is 3.27. The lowest BCUT2D eigenvalue weighted by Gasteiger charge is -2.41. The summed E-state index contributed by atoms with van der Waals surface area (Å²) in [5, 5.41) is 21.4. The number of nitrogen functional groups attached to an aromatic ring is 1. The Morgan fingerprint density at radius 2 is 2.18 bits per heavy atom. The summed E-state index contributed by atoms with van der Waals surface area (Å²) >= 11 is 0. The van der Waals surface area contributed by atoms with Crippen LogP contribution in [0.25, 0.3) is 0 Å². The highest BCUT2D eigenvalue weighted by Crippen LogP contribution is 2.32. The minimum atomic E-state index is -0.505. The van der Waals surface area contributed by atoms with Crippen molar-refractivity contribution in [2.24, 2.45) is 0 Å². The number of benzene rings is 1. The molecule has 1 aromatic rings. The molecule has 1 saturated carbocycles. The van der Waals surface area contributed by atoms with Gasteiger partial charge in [-0.2, -0.15) is 0 Å². The van der Waals surface area contributed by atoms with E-state index < -0.39 is 5.54 Å². The van der Waals surface area contributed by atoms with Gasteiger partial charge in [0.15, 0.2) is 0 Å². The van der Waals surface area contributed by atoms with Crippen molar-refractivity contribution >= 4 is 11.6 Å². The van der Waals surface area contributed by atoms with E-state index in [-0.39, 0.29) is 23.8 Å². The number of phenolic OH excluding ortho intramolecular Hbond substituents is 1. The molecular weight excluding hydrogens is 220 g/mol. The summed E-state index contributed by atoms with van der Waals surface area (Å²) < 4.78 is 0. The number of phenols is 1. The van der Waals surface area contributed by atoms with Crippen molar-refractivity contribution < 1.29 is 15.0 Å². The zero-order valence-electron chi connectivity index (χ0n) is 9.44. The van der Waals surface area contributed by atoms with Crippen LogP contribution < -0.4 is 11.1 Å². The maximum Gasteiger partial charge on any atom is 0.254 e.